The minimum atomic E-state index is -3.22. The molecule has 0 atom stereocenters. The van der Waals surface area contributed by atoms with E-state index in [4.69, 9.17) is 0 Å². The van der Waals surface area contributed by atoms with Crippen molar-refractivity contribution in [2.75, 3.05) is 26.2 Å². The second kappa shape index (κ2) is 5.93. The zero-order chi connectivity index (χ0) is 14.8. The smallest absolute Gasteiger partial charge is 0.253 e. The summed E-state index contributed by atoms with van der Waals surface area (Å²) < 4.78 is 25.6. The first-order chi connectivity index (χ1) is 9.43. The molecule has 0 saturated carbocycles. The Balaban J connectivity index is 2.00. The third-order valence-electron chi connectivity index (χ3n) is 3.50. The van der Waals surface area contributed by atoms with E-state index in [1.807, 2.05) is 18.2 Å². The first-order valence-corrected chi connectivity index (χ1v) is 8.26. The van der Waals surface area contributed by atoms with Crippen LogP contribution in [0.25, 0.3) is 0 Å². The molecule has 1 saturated heterocycles. The van der Waals surface area contributed by atoms with Crippen LogP contribution < -0.4 is 0 Å². The molecule has 0 aromatic heterocycles. The van der Waals surface area contributed by atoms with Crippen molar-refractivity contribution < 1.29 is 13.2 Å². The fourth-order valence-corrected chi connectivity index (χ4v) is 3.48. The monoisotopic (exact) mass is 296 g/mol. The van der Waals surface area contributed by atoms with Gasteiger partial charge in [0.05, 0.1) is 5.25 Å². The normalized spacial score (nSPS) is 17.4. The molecule has 6 heteroatoms. The van der Waals surface area contributed by atoms with Gasteiger partial charge in [-0.15, -0.1) is 0 Å². The van der Waals surface area contributed by atoms with Crippen LogP contribution in [0.4, 0.5) is 0 Å². The Labute approximate surface area is 120 Å². The molecule has 1 aliphatic heterocycles. The summed E-state index contributed by atoms with van der Waals surface area (Å²) in [4.78, 5) is 14.0. The van der Waals surface area contributed by atoms with E-state index in [0.717, 1.165) is 0 Å². The van der Waals surface area contributed by atoms with Gasteiger partial charge in [0.2, 0.25) is 10.0 Å². The Morgan fingerprint density at radius 2 is 1.60 bits per heavy atom. The minimum absolute atomic E-state index is 0.0350. The van der Waals surface area contributed by atoms with Crippen LogP contribution in [0.5, 0.6) is 0 Å². The van der Waals surface area contributed by atoms with Crippen molar-refractivity contribution >= 4 is 15.9 Å². The van der Waals surface area contributed by atoms with Crippen LogP contribution in [0.2, 0.25) is 0 Å². The Morgan fingerprint density at radius 3 is 2.10 bits per heavy atom. The van der Waals surface area contributed by atoms with Gasteiger partial charge in [0.25, 0.3) is 5.91 Å². The molecule has 0 unspecified atom stereocenters. The van der Waals surface area contributed by atoms with E-state index in [1.54, 1.807) is 30.9 Å². The molecule has 1 fully saturated rings. The van der Waals surface area contributed by atoms with Crippen molar-refractivity contribution in [3.05, 3.63) is 35.9 Å². The maximum atomic E-state index is 12.2. The van der Waals surface area contributed by atoms with Gasteiger partial charge in [0, 0.05) is 31.7 Å². The standard InChI is InChI=1S/C14H20N2O3S/c1-12(2)20(18,19)16-10-8-15(9-11-16)14(17)13-6-4-3-5-7-13/h3-7,12H,8-11H2,1-2H3. The van der Waals surface area contributed by atoms with Crippen molar-refractivity contribution in [3.8, 4) is 0 Å². The average Bonchev–Trinajstić information content (AvgIpc) is 2.47. The number of carbonyl (C=O) groups excluding carboxylic acids is 1. The van der Waals surface area contributed by atoms with Crippen LogP contribution in [0.3, 0.4) is 0 Å². The number of benzene rings is 1. The molecule has 1 heterocycles. The van der Waals surface area contributed by atoms with Gasteiger partial charge in [-0.25, -0.2) is 8.42 Å². The first kappa shape index (κ1) is 15.0. The lowest BCUT2D eigenvalue weighted by Crippen LogP contribution is -2.51. The van der Waals surface area contributed by atoms with Crippen molar-refractivity contribution in [2.45, 2.75) is 19.1 Å². The van der Waals surface area contributed by atoms with Gasteiger partial charge in [-0.05, 0) is 26.0 Å². The van der Waals surface area contributed by atoms with Crippen LogP contribution in [-0.2, 0) is 10.0 Å². The van der Waals surface area contributed by atoms with Gasteiger partial charge in [-0.3, -0.25) is 4.79 Å². The van der Waals surface area contributed by atoms with E-state index in [2.05, 4.69) is 0 Å². The molecule has 1 aromatic carbocycles. The Bertz CT molecular complexity index is 561. The van der Waals surface area contributed by atoms with Gasteiger partial charge in [0.15, 0.2) is 0 Å². The van der Waals surface area contributed by atoms with Crippen molar-refractivity contribution in [2.24, 2.45) is 0 Å². The van der Waals surface area contributed by atoms with Crippen molar-refractivity contribution in [1.29, 1.82) is 0 Å². The fraction of sp³-hybridized carbons (Fsp3) is 0.500. The Morgan fingerprint density at radius 1 is 1.05 bits per heavy atom. The molecule has 0 radical (unpaired) electrons. The second-order valence-electron chi connectivity index (χ2n) is 5.15. The van der Waals surface area contributed by atoms with Crippen LogP contribution in [-0.4, -0.2) is 55.0 Å². The quantitative estimate of drug-likeness (QED) is 0.841. The molecule has 1 aromatic rings. The number of rotatable bonds is 3. The molecule has 0 bridgehead atoms. The summed E-state index contributed by atoms with van der Waals surface area (Å²) in [6.07, 6.45) is 0. The summed E-state index contributed by atoms with van der Waals surface area (Å²) in [5.74, 6) is -0.0350. The third kappa shape index (κ3) is 3.02. The zero-order valence-electron chi connectivity index (χ0n) is 11.8. The van der Waals surface area contributed by atoms with Crippen LogP contribution in [0.15, 0.2) is 30.3 Å². The number of piperazine rings is 1. The average molecular weight is 296 g/mol. The number of nitrogens with zero attached hydrogens (tertiary/aromatic N) is 2. The molecule has 0 spiro atoms. The minimum Gasteiger partial charge on any atom is -0.336 e. The number of carbonyl (C=O) groups is 1. The van der Waals surface area contributed by atoms with Crippen LogP contribution >= 0.6 is 0 Å². The maximum Gasteiger partial charge on any atom is 0.253 e. The molecule has 5 nitrogen and oxygen atoms in total. The lowest BCUT2D eigenvalue weighted by atomic mass is 10.2. The van der Waals surface area contributed by atoms with Crippen LogP contribution in [0, 0.1) is 0 Å². The predicted octanol–water partition coefficient (Wildman–Crippen LogP) is 1.18. The molecule has 0 aliphatic carbocycles. The largest absolute Gasteiger partial charge is 0.336 e. The van der Waals surface area contributed by atoms with Gasteiger partial charge in [0.1, 0.15) is 0 Å². The fourth-order valence-electron chi connectivity index (χ4n) is 2.21. The maximum absolute atomic E-state index is 12.2. The molecule has 0 N–H and O–H groups in total. The highest BCUT2D eigenvalue weighted by Crippen LogP contribution is 2.14. The molecular weight excluding hydrogens is 276 g/mol. The van der Waals surface area contributed by atoms with Crippen LogP contribution in [0.1, 0.15) is 24.2 Å². The highest BCUT2D eigenvalue weighted by atomic mass is 32.2. The van der Waals surface area contributed by atoms with Gasteiger partial charge >= 0.3 is 0 Å². The summed E-state index contributed by atoms with van der Waals surface area (Å²) in [6, 6.07) is 9.07. The molecule has 1 amide bonds. The predicted molar refractivity (Wildman–Crippen MR) is 78.0 cm³/mol. The molecule has 110 valence electrons. The molecular formula is C14H20N2O3S. The van der Waals surface area contributed by atoms with E-state index >= 15 is 0 Å². The number of hydrogen-bond donors (Lipinski definition) is 0. The highest BCUT2D eigenvalue weighted by molar-refractivity contribution is 7.89. The van der Waals surface area contributed by atoms with E-state index < -0.39 is 15.3 Å². The Hall–Kier alpha value is -1.40. The van der Waals surface area contributed by atoms with Gasteiger partial charge in [-0.1, -0.05) is 18.2 Å². The van der Waals surface area contributed by atoms with E-state index in [0.29, 0.717) is 31.7 Å². The molecule has 20 heavy (non-hydrogen) atoms. The summed E-state index contributed by atoms with van der Waals surface area (Å²) in [6.45, 7) is 4.99. The molecule has 1 aliphatic rings. The highest BCUT2D eigenvalue weighted by Gasteiger charge is 2.30. The van der Waals surface area contributed by atoms with Crippen molar-refractivity contribution in [3.63, 3.8) is 0 Å². The zero-order valence-corrected chi connectivity index (χ0v) is 12.6. The van der Waals surface area contributed by atoms with Gasteiger partial charge in [-0.2, -0.15) is 4.31 Å². The van der Waals surface area contributed by atoms with Gasteiger partial charge < -0.3 is 4.90 Å². The third-order valence-corrected chi connectivity index (χ3v) is 5.78. The van der Waals surface area contributed by atoms with E-state index in [-0.39, 0.29) is 5.91 Å². The lowest BCUT2D eigenvalue weighted by molar-refractivity contribution is 0.0697. The van der Waals surface area contributed by atoms with E-state index in [9.17, 15) is 13.2 Å². The number of sulfonamides is 1. The second-order valence-corrected chi connectivity index (χ2v) is 7.64. The molecule has 2 rings (SSSR count). The number of hydrogen-bond acceptors (Lipinski definition) is 3. The van der Waals surface area contributed by atoms with E-state index in [1.165, 1.54) is 4.31 Å². The SMILES string of the molecule is CC(C)S(=O)(=O)N1CCN(C(=O)c2ccccc2)CC1. The Kier molecular flexibility index (Phi) is 4.45. The summed E-state index contributed by atoms with van der Waals surface area (Å²) in [5.41, 5.74) is 0.646. The summed E-state index contributed by atoms with van der Waals surface area (Å²) >= 11 is 0. The van der Waals surface area contributed by atoms with Crippen molar-refractivity contribution in [1.82, 2.24) is 9.21 Å². The first-order valence-electron chi connectivity index (χ1n) is 6.76. The summed E-state index contributed by atoms with van der Waals surface area (Å²) in [5, 5.41) is -0.418. The summed E-state index contributed by atoms with van der Waals surface area (Å²) in [7, 11) is -3.22. The number of amides is 1. The lowest BCUT2D eigenvalue weighted by Gasteiger charge is -2.34. The topological polar surface area (TPSA) is 57.7 Å².